The van der Waals surface area contributed by atoms with Gasteiger partial charge in [0.1, 0.15) is 0 Å². The van der Waals surface area contributed by atoms with Crippen LogP contribution in [0.4, 0.5) is 4.79 Å². The van der Waals surface area contributed by atoms with Crippen molar-refractivity contribution in [1.29, 1.82) is 0 Å². The third-order valence-corrected chi connectivity index (χ3v) is 1.35. The number of nitrogens with zero attached hydrogens (tertiary/aromatic N) is 1. The first-order chi connectivity index (χ1) is 3.80. The number of halogens is 1. The lowest BCUT2D eigenvalue weighted by atomic mass is 10.7. The van der Waals surface area contributed by atoms with Crippen LogP contribution in [0.2, 0.25) is 0 Å². The van der Waals surface area contributed by atoms with E-state index in [1.807, 2.05) is 0 Å². The Balaban J connectivity index is 2.35. The van der Waals surface area contributed by atoms with Crippen molar-refractivity contribution < 1.29 is 4.79 Å². The predicted octanol–water partition coefficient (Wildman–Crippen LogP) is 0.208. The summed E-state index contributed by atoms with van der Waals surface area (Å²) in [7, 11) is 0. The third kappa shape index (κ3) is 1.11. The molecule has 0 unspecified atom stereocenters. The Morgan fingerprint density at radius 2 is 2.50 bits per heavy atom. The van der Waals surface area contributed by atoms with Gasteiger partial charge >= 0.3 is 5.37 Å². The van der Waals surface area contributed by atoms with Gasteiger partial charge in [0.25, 0.3) is 0 Å². The van der Waals surface area contributed by atoms with Crippen LogP contribution in [0, 0.1) is 0 Å². The topological polar surface area (TPSA) is 32.3 Å². The van der Waals surface area contributed by atoms with Crippen LogP contribution in [-0.2, 0) is 0 Å². The molecule has 1 saturated heterocycles. The van der Waals surface area contributed by atoms with Gasteiger partial charge in [0.15, 0.2) is 0 Å². The Morgan fingerprint density at radius 1 is 1.75 bits per heavy atom. The van der Waals surface area contributed by atoms with Crippen molar-refractivity contribution in [3.8, 4) is 0 Å². The fourth-order valence-corrected chi connectivity index (χ4v) is 0.801. The summed E-state index contributed by atoms with van der Waals surface area (Å²) < 4.78 is 0. The van der Waals surface area contributed by atoms with Crippen LogP contribution in [0.15, 0.2) is 0 Å². The molecular formula is C4H7ClN2O. The molecule has 46 valence electrons. The molecule has 0 aromatic carbocycles. The van der Waals surface area contributed by atoms with Crippen molar-refractivity contribution in [2.24, 2.45) is 0 Å². The van der Waals surface area contributed by atoms with Crippen molar-refractivity contribution in [2.75, 3.05) is 19.8 Å². The first-order valence-electron chi connectivity index (χ1n) is 2.46. The fourth-order valence-electron chi connectivity index (χ4n) is 0.657. The van der Waals surface area contributed by atoms with Crippen LogP contribution in [0.3, 0.4) is 0 Å². The quantitative estimate of drug-likeness (QED) is 0.380. The smallest absolute Gasteiger partial charge is 0.315 e. The first kappa shape index (κ1) is 5.85. The number of carbonyl (C=O) groups excluding carboxylic acids is 1. The highest BCUT2D eigenvalue weighted by molar-refractivity contribution is 6.62. The molecule has 4 heteroatoms. The predicted molar refractivity (Wildman–Crippen MR) is 30.8 cm³/mol. The highest BCUT2D eigenvalue weighted by Crippen LogP contribution is 1.96. The number of rotatable bonds is 0. The molecule has 0 radical (unpaired) electrons. The van der Waals surface area contributed by atoms with Gasteiger partial charge in [-0.15, -0.1) is 0 Å². The van der Waals surface area contributed by atoms with E-state index in [0.29, 0.717) is 6.67 Å². The highest BCUT2D eigenvalue weighted by atomic mass is 35.5. The van der Waals surface area contributed by atoms with Gasteiger partial charge in [-0.3, -0.25) is 10.1 Å². The molecule has 1 aliphatic rings. The normalized spacial score (nSPS) is 19.4. The average Bonchev–Trinajstić information content (AvgIpc) is 2.12. The zero-order chi connectivity index (χ0) is 5.98. The van der Waals surface area contributed by atoms with Gasteiger partial charge in [0.2, 0.25) is 0 Å². The lowest BCUT2D eigenvalue weighted by Crippen LogP contribution is -2.23. The summed E-state index contributed by atoms with van der Waals surface area (Å²) in [6, 6.07) is 0. The second-order valence-electron chi connectivity index (χ2n) is 1.67. The molecule has 8 heavy (non-hydrogen) atoms. The zero-order valence-corrected chi connectivity index (χ0v) is 5.11. The van der Waals surface area contributed by atoms with Crippen molar-refractivity contribution in [3.63, 3.8) is 0 Å². The molecular weight excluding hydrogens is 128 g/mol. The third-order valence-electron chi connectivity index (χ3n) is 1.11. The lowest BCUT2D eigenvalue weighted by Gasteiger charge is -2.06. The van der Waals surface area contributed by atoms with Gasteiger partial charge in [0, 0.05) is 13.1 Å². The number of hydrogen-bond acceptors (Lipinski definition) is 2. The van der Waals surface area contributed by atoms with Gasteiger partial charge in [-0.05, 0) is 11.6 Å². The minimum Gasteiger partial charge on any atom is -0.315 e. The lowest BCUT2D eigenvalue weighted by molar-refractivity contribution is 0.232. The van der Waals surface area contributed by atoms with E-state index >= 15 is 0 Å². The van der Waals surface area contributed by atoms with Crippen molar-refractivity contribution in [1.82, 2.24) is 10.2 Å². The van der Waals surface area contributed by atoms with Gasteiger partial charge in [-0.25, -0.2) is 0 Å². The molecule has 0 saturated carbocycles. The van der Waals surface area contributed by atoms with Crippen molar-refractivity contribution in [3.05, 3.63) is 0 Å². The number of hydrogen-bond donors (Lipinski definition) is 1. The molecule has 1 amide bonds. The summed E-state index contributed by atoms with van der Waals surface area (Å²) in [4.78, 5) is 11.8. The molecule has 0 aromatic heterocycles. The summed E-state index contributed by atoms with van der Waals surface area (Å²) >= 11 is 5.13. The van der Waals surface area contributed by atoms with Crippen LogP contribution >= 0.6 is 11.6 Å². The Morgan fingerprint density at radius 3 is 2.75 bits per heavy atom. The van der Waals surface area contributed by atoms with E-state index in [-0.39, 0.29) is 5.37 Å². The maximum absolute atomic E-state index is 10.3. The van der Waals surface area contributed by atoms with E-state index in [4.69, 9.17) is 11.6 Å². The molecule has 1 rings (SSSR count). The Kier molecular flexibility index (Phi) is 1.70. The van der Waals surface area contributed by atoms with E-state index in [9.17, 15) is 4.79 Å². The van der Waals surface area contributed by atoms with E-state index in [1.54, 1.807) is 4.90 Å². The summed E-state index contributed by atoms with van der Waals surface area (Å²) in [6.07, 6.45) is 0. The molecule has 0 bridgehead atoms. The molecule has 1 aliphatic heterocycles. The van der Waals surface area contributed by atoms with Gasteiger partial charge < -0.3 is 4.90 Å². The molecule has 0 aliphatic carbocycles. The Hall–Kier alpha value is -0.280. The summed E-state index contributed by atoms with van der Waals surface area (Å²) in [5, 5.41) is 2.61. The largest absolute Gasteiger partial charge is 0.317 e. The molecule has 1 heterocycles. The minimum atomic E-state index is -0.366. The number of amides is 1. The standard InChI is InChI=1S/C4H7ClN2O/c5-4(8)7-2-1-6-3-7/h6H,1-3H2. The first-order valence-corrected chi connectivity index (χ1v) is 2.83. The summed E-state index contributed by atoms with van der Waals surface area (Å²) in [5.41, 5.74) is 0. The van der Waals surface area contributed by atoms with Crippen molar-refractivity contribution >= 4 is 17.0 Å². The average molecular weight is 135 g/mol. The minimum absolute atomic E-state index is 0.366. The SMILES string of the molecule is O=C(Cl)N1CCNC1. The zero-order valence-electron chi connectivity index (χ0n) is 4.35. The van der Waals surface area contributed by atoms with Gasteiger partial charge in [-0.2, -0.15) is 0 Å². The van der Waals surface area contributed by atoms with Gasteiger partial charge in [-0.1, -0.05) is 0 Å². The summed E-state index contributed by atoms with van der Waals surface area (Å²) in [6.45, 7) is 2.20. The highest BCUT2D eigenvalue weighted by Gasteiger charge is 2.13. The molecule has 0 aromatic rings. The van der Waals surface area contributed by atoms with E-state index in [1.165, 1.54) is 0 Å². The van der Waals surface area contributed by atoms with Crippen LogP contribution in [0.1, 0.15) is 0 Å². The van der Waals surface area contributed by atoms with E-state index < -0.39 is 0 Å². The molecule has 1 N–H and O–H groups in total. The Labute approximate surface area is 52.6 Å². The monoisotopic (exact) mass is 134 g/mol. The molecule has 1 fully saturated rings. The number of carbonyl (C=O) groups is 1. The summed E-state index contributed by atoms with van der Waals surface area (Å²) in [5.74, 6) is 0. The Bertz CT molecular complexity index is 100. The number of nitrogens with one attached hydrogen (secondary N) is 1. The second kappa shape index (κ2) is 2.33. The van der Waals surface area contributed by atoms with Crippen LogP contribution in [-0.4, -0.2) is 30.0 Å². The maximum Gasteiger partial charge on any atom is 0.317 e. The molecule has 0 atom stereocenters. The van der Waals surface area contributed by atoms with Gasteiger partial charge in [0.05, 0.1) is 6.67 Å². The van der Waals surface area contributed by atoms with Crippen LogP contribution < -0.4 is 5.32 Å². The van der Waals surface area contributed by atoms with Crippen LogP contribution in [0.25, 0.3) is 0 Å². The second-order valence-corrected chi connectivity index (χ2v) is 2.00. The van der Waals surface area contributed by atoms with Crippen LogP contribution in [0.5, 0.6) is 0 Å². The van der Waals surface area contributed by atoms with E-state index in [2.05, 4.69) is 5.32 Å². The van der Waals surface area contributed by atoms with E-state index in [0.717, 1.165) is 13.1 Å². The van der Waals surface area contributed by atoms with Crippen molar-refractivity contribution in [2.45, 2.75) is 0 Å². The molecule has 3 nitrogen and oxygen atoms in total. The molecule has 0 spiro atoms. The fraction of sp³-hybridized carbons (Fsp3) is 0.750. The maximum atomic E-state index is 10.3.